The van der Waals surface area contributed by atoms with Crippen LogP contribution in [0.25, 0.3) is 0 Å². The van der Waals surface area contributed by atoms with Gasteiger partial charge in [0.05, 0.1) is 6.54 Å². The van der Waals surface area contributed by atoms with Gasteiger partial charge in [0.1, 0.15) is 0 Å². The van der Waals surface area contributed by atoms with Crippen LogP contribution in [0, 0.1) is 0 Å². The van der Waals surface area contributed by atoms with E-state index in [0.29, 0.717) is 18.5 Å². The zero-order chi connectivity index (χ0) is 13.7. The summed E-state index contributed by atoms with van der Waals surface area (Å²) in [7, 11) is 2.19. The summed E-state index contributed by atoms with van der Waals surface area (Å²) in [5.74, 6) is 0.308. The highest BCUT2D eigenvalue weighted by Crippen LogP contribution is 2.11. The summed E-state index contributed by atoms with van der Waals surface area (Å²) in [4.78, 5) is 19.1. The minimum Gasteiger partial charge on any atom is -0.340 e. The largest absolute Gasteiger partial charge is 0.340 e. The van der Waals surface area contributed by atoms with Crippen molar-refractivity contribution in [3.05, 3.63) is 0 Å². The van der Waals surface area contributed by atoms with Gasteiger partial charge < -0.3 is 15.1 Å². The second-order valence-electron chi connectivity index (χ2n) is 5.76. The number of nitrogens with zero attached hydrogens (tertiary/aromatic N) is 3. The highest BCUT2D eigenvalue weighted by molar-refractivity contribution is 5.78. The molecule has 0 radical (unpaired) electrons. The fraction of sp³-hybridized carbons (Fsp3) is 0.929. The summed E-state index contributed by atoms with van der Waals surface area (Å²) < 4.78 is 0. The number of rotatable bonds is 3. The average Bonchev–Trinajstić information content (AvgIpc) is 2.70. The van der Waals surface area contributed by atoms with Crippen LogP contribution in [-0.2, 0) is 4.79 Å². The van der Waals surface area contributed by atoms with E-state index in [2.05, 4.69) is 29.1 Å². The molecule has 2 fully saturated rings. The Labute approximate surface area is 116 Å². The van der Waals surface area contributed by atoms with Crippen LogP contribution in [0.4, 0.5) is 0 Å². The van der Waals surface area contributed by atoms with E-state index in [9.17, 15) is 4.79 Å². The van der Waals surface area contributed by atoms with Crippen molar-refractivity contribution in [3.63, 3.8) is 0 Å². The molecule has 110 valence electrons. The molecular formula is C14H28N4O. The Morgan fingerprint density at radius 3 is 2.84 bits per heavy atom. The van der Waals surface area contributed by atoms with Crippen LogP contribution in [0.1, 0.15) is 19.8 Å². The zero-order valence-electron chi connectivity index (χ0n) is 12.4. The van der Waals surface area contributed by atoms with E-state index in [-0.39, 0.29) is 0 Å². The lowest BCUT2D eigenvalue weighted by Gasteiger charge is -2.39. The molecule has 0 aromatic rings. The molecule has 0 aromatic carbocycles. The van der Waals surface area contributed by atoms with Gasteiger partial charge in [0.25, 0.3) is 0 Å². The molecule has 2 heterocycles. The van der Waals surface area contributed by atoms with Gasteiger partial charge >= 0.3 is 0 Å². The minimum absolute atomic E-state index is 0.308. The third-order valence-electron chi connectivity index (χ3n) is 4.38. The highest BCUT2D eigenvalue weighted by Gasteiger charge is 2.25. The number of hydrogen-bond donors (Lipinski definition) is 1. The van der Waals surface area contributed by atoms with Crippen molar-refractivity contribution in [2.45, 2.75) is 25.8 Å². The van der Waals surface area contributed by atoms with E-state index in [4.69, 9.17) is 0 Å². The molecule has 2 rings (SSSR count). The van der Waals surface area contributed by atoms with Crippen molar-refractivity contribution in [2.24, 2.45) is 0 Å². The predicted molar refractivity (Wildman–Crippen MR) is 77.2 cm³/mol. The van der Waals surface area contributed by atoms with Crippen LogP contribution in [0.5, 0.6) is 0 Å². The number of piperazine rings is 1. The lowest BCUT2D eigenvalue weighted by atomic mass is 10.1. The van der Waals surface area contributed by atoms with Gasteiger partial charge in [-0.1, -0.05) is 6.92 Å². The first kappa shape index (κ1) is 14.8. The maximum atomic E-state index is 12.3. The number of carbonyl (C=O) groups excluding carboxylic acids is 1. The van der Waals surface area contributed by atoms with Crippen molar-refractivity contribution in [1.29, 1.82) is 0 Å². The maximum absolute atomic E-state index is 12.3. The summed E-state index contributed by atoms with van der Waals surface area (Å²) in [5.41, 5.74) is 0. The molecule has 2 aliphatic rings. The Balaban J connectivity index is 1.81. The Morgan fingerprint density at radius 2 is 2.05 bits per heavy atom. The van der Waals surface area contributed by atoms with Gasteiger partial charge in [0.2, 0.25) is 5.91 Å². The van der Waals surface area contributed by atoms with Crippen LogP contribution in [0.15, 0.2) is 0 Å². The van der Waals surface area contributed by atoms with Crippen molar-refractivity contribution < 1.29 is 4.79 Å². The highest BCUT2D eigenvalue weighted by atomic mass is 16.2. The Hall–Kier alpha value is -0.650. The monoisotopic (exact) mass is 268 g/mol. The van der Waals surface area contributed by atoms with Crippen molar-refractivity contribution in [2.75, 3.05) is 59.4 Å². The summed E-state index contributed by atoms with van der Waals surface area (Å²) in [6.07, 6.45) is 2.24. The molecule has 5 heteroatoms. The van der Waals surface area contributed by atoms with Gasteiger partial charge in [0, 0.05) is 45.3 Å². The van der Waals surface area contributed by atoms with Gasteiger partial charge in [-0.25, -0.2) is 0 Å². The van der Waals surface area contributed by atoms with Gasteiger partial charge in [-0.15, -0.1) is 0 Å². The molecule has 0 bridgehead atoms. The quantitative estimate of drug-likeness (QED) is 0.772. The summed E-state index contributed by atoms with van der Waals surface area (Å²) in [6.45, 7) is 9.71. The van der Waals surface area contributed by atoms with E-state index in [1.54, 1.807) is 0 Å². The predicted octanol–water partition coefficient (Wildman–Crippen LogP) is -0.166. The Kier molecular flexibility index (Phi) is 5.60. The molecule has 0 aromatic heterocycles. The Morgan fingerprint density at radius 1 is 1.21 bits per heavy atom. The van der Waals surface area contributed by atoms with Gasteiger partial charge in [0.15, 0.2) is 0 Å². The lowest BCUT2D eigenvalue weighted by molar-refractivity contribution is -0.132. The zero-order valence-corrected chi connectivity index (χ0v) is 12.4. The van der Waals surface area contributed by atoms with Gasteiger partial charge in [-0.2, -0.15) is 0 Å². The van der Waals surface area contributed by atoms with Gasteiger partial charge in [-0.05, 0) is 26.4 Å². The van der Waals surface area contributed by atoms with Crippen LogP contribution >= 0.6 is 0 Å². The topological polar surface area (TPSA) is 38.8 Å². The fourth-order valence-corrected chi connectivity index (χ4v) is 2.98. The van der Waals surface area contributed by atoms with Gasteiger partial charge in [-0.3, -0.25) is 9.69 Å². The van der Waals surface area contributed by atoms with Crippen molar-refractivity contribution >= 4 is 5.91 Å². The molecule has 2 saturated heterocycles. The number of amides is 1. The smallest absolute Gasteiger partial charge is 0.236 e. The molecule has 1 unspecified atom stereocenters. The van der Waals surface area contributed by atoms with Crippen LogP contribution < -0.4 is 5.32 Å². The van der Waals surface area contributed by atoms with E-state index < -0.39 is 0 Å². The molecule has 0 saturated carbocycles. The number of carbonyl (C=O) groups is 1. The molecule has 2 aliphatic heterocycles. The SMILES string of the molecule is CCC1CN(CC(=O)N2CCCNCC2)CCN1C. The van der Waals surface area contributed by atoms with E-state index in [0.717, 1.165) is 58.7 Å². The molecule has 1 amide bonds. The first-order valence-electron chi connectivity index (χ1n) is 7.61. The van der Waals surface area contributed by atoms with Crippen molar-refractivity contribution in [1.82, 2.24) is 20.0 Å². The molecule has 1 N–H and O–H groups in total. The first-order valence-corrected chi connectivity index (χ1v) is 7.61. The summed E-state index contributed by atoms with van der Waals surface area (Å²) in [6, 6.07) is 0.604. The Bertz CT molecular complexity index is 289. The number of hydrogen-bond acceptors (Lipinski definition) is 4. The van der Waals surface area contributed by atoms with E-state index in [1.807, 2.05) is 4.90 Å². The molecule has 0 aliphatic carbocycles. The average molecular weight is 268 g/mol. The van der Waals surface area contributed by atoms with E-state index >= 15 is 0 Å². The number of likely N-dealkylation sites (N-methyl/N-ethyl adjacent to an activating group) is 1. The number of nitrogens with one attached hydrogen (secondary N) is 1. The van der Waals surface area contributed by atoms with Crippen LogP contribution in [0.2, 0.25) is 0 Å². The lowest BCUT2D eigenvalue weighted by Crippen LogP contribution is -2.53. The first-order chi connectivity index (χ1) is 9.20. The van der Waals surface area contributed by atoms with E-state index in [1.165, 1.54) is 0 Å². The molecule has 0 spiro atoms. The third kappa shape index (κ3) is 4.16. The van der Waals surface area contributed by atoms with Crippen molar-refractivity contribution in [3.8, 4) is 0 Å². The molecule has 1 atom stereocenters. The standard InChI is InChI=1S/C14H28N4O/c1-3-13-11-17(10-9-16(13)2)12-14(19)18-7-4-5-15-6-8-18/h13,15H,3-12H2,1-2H3. The molecule has 5 nitrogen and oxygen atoms in total. The second kappa shape index (κ2) is 7.22. The summed E-state index contributed by atoms with van der Waals surface area (Å²) >= 11 is 0. The normalized spacial score (nSPS) is 27.3. The minimum atomic E-state index is 0.308. The second-order valence-corrected chi connectivity index (χ2v) is 5.76. The maximum Gasteiger partial charge on any atom is 0.236 e. The molecular weight excluding hydrogens is 240 g/mol. The van der Waals surface area contributed by atoms with Crippen LogP contribution in [0.3, 0.4) is 0 Å². The molecule has 19 heavy (non-hydrogen) atoms. The van der Waals surface area contributed by atoms with Crippen LogP contribution in [-0.4, -0.2) is 86.1 Å². The fourth-order valence-electron chi connectivity index (χ4n) is 2.98. The third-order valence-corrected chi connectivity index (χ3v) is 4.38. The summed E-state index contributed by atoms with van der Waals surface area (Å²) in [5, 5.41) is 3.34.